The molecule has 7 atom stereocenters. The Balaban J connectivity index is 1.02. The molecule has 0 saturated heterocycles. The average Bonchev–Trinajstić information content (AvgIpc) is 4.13. The Morgan fingerprint density at radius 3 is 2.67 bits per heavy atom. The van der Waals surface area contributed by atoms with Gasteiger partial charge in [0.15, 0.2) is 11.6 Å². The van der Waals surface area contributed by atoms with Crippen molar-refractivity contribution in [3.8, 4) is 0 Å². The van der Waals surface area contributed by atoms with Crippen LogP contribution in [0.1, 0.15) is 86.1 Å². The predicted octanol–water partition coefficient (Wildman–Crippen LogP) is 12.5. The highest BCUT2D eigenvalue weighted by Crippen LogP contribution is 2.68. The Labute approximate surface area is 337 Å². The number of carbonyl (C=O) groups excluding carboxylic acids is 2. The molecule has 0 aromatic heterocycles. The van der Waals surface area contributed by atoms with E-state index in [1.165, 1.54) is 68.0 Å². The summed E-state index contributed by atoms with van der Waals surface area (Å²) in [7, 11) is 0. The molecule has 0 N–H and O–H groups in total. The van der Waals surface area contributed by atoms with Gasteiger partial charge in [-0.25, -0.2) is 0 Å². The van der Waals surface area contributed by atoms with Gasteiger partial charge in [-0.1, -0.05) is 141 Å². The SMILES string of the molecule is C/C=C\C=C/C1(C)C=CC(N2c3ccc4c(c3C3=C(C=CC5CC35)c3cccc(C)c32)C=CCC2(C=C3C(=O)CC5(C=CC6C=CC=CC6=CC5)C3=O)CC42)=CC1. The van der Waals surface area contributed by atoms with Gasteiger partial charge in [0.05, 0.1) is 22.4 Å². The first kappa shape index (κ1) is 34.7. The zero-order valence-corrected chi connectivity index (χ0v) is 33.2. The van der Waals surface area contributed by atoms with Crippen LogP contribution in [0.25, 0.3) is 17.2 Å². The summed E-state index contributed by atoms with van der Waals surface area (Å²) in [6, 6.07) is 11.6. The predicted molar refractivity (Wildman–Crippen MR) is 233 cm³/mol. The lowest BCUT2D eigenvalue weighted by molar-refractivity contribution is -0.120. The van der Waals surface area contributed by atoms with Crippen LogP contribution in [0.2, 0.25) is 0 Å². The highest BCUT2D eigenvalue weighted by atomic mass is 16.2. The second-order valence-corrected chi connectivity index (χ2v) is 18.3. The number of carbonyl (C=O) groups is 2. The molecular formula is C54H49NO2. The van der Waals surface area contributed by atoms with Crippen molar-refractivity contribution in [1.82, 2.24) is 0 Å². The highest BCUT2D eigenvalue weighted by molar-refractivity contribution is 6.28. The summed E-state index contributed by atoms with van der Waals surface area (Å²) in [4.78, 5) is 30.9. The first-order valence-electron chi connectivity index (χ1n) is 21.1. The standard InChI is InChI=1S/C54H49NO2/c1-4-5-8-24-52(3)26-22-38(23-27-52)55-46-19-18-39-40(49(46)48-41(17-16-37-30-43(37)48)42-14-9-11-34(2)50(42)55)15-10-25-54(32-45(39)54)31-44-47(56)33-53(51(44)57)28-20-35-12-6-7-13-36(35)21-29-53/h4-24,26,28,31,35,37,43,45H,25,27,29-30,32-33H2,1-3H3/b5-4-,24-8-,44-31?. The van der Waals surface area contributed by atoms with Crippen LogP contribution in [0.3, 0.4) is 0 Å². The van der Waals surface area contributed by atoms with Gasteiger partial charge in [-0.05, 0) is 109 Å². The van der Waals surface area contributed by atoms with Crippen LogP contribution in [0.15, 0.2) is 157 Å². The van der Waals surface area contributed by atoms with Crippen molar-refractivity contribution in [3.63, 3.8) is 0 Å². The van der Waals surface area contributed by atoms with Crippen molar-refractivity contribution in [2.24, 2.45) is 34.0 Å². The van der Waals surface area contributed by atoms with E-state index in [1.54, 1.807) is 0 Å². The van der Waals surface area contributed by atoms with E-state index in [0.29, 0.717) is 23.8 Å². The Hall–Kier alpha value is -5.54. The average molecular weight is 744 g/mol. The van der Waals surface area contributed by atoms with Crippen molar-refractivity contribution < 1.29 is 9.59 Å². The summed E-state index contributed by atoms with van der Waals surface area (Å²) in [6.45, 7) is 6.63. The number of aryl methyl sites for hydroxylation is 1. The van der Waals surface area contributed by atoms with Crippen molar-refractivity contribution in [2.45, 2.75) is 65.2 Å². The lowest BCUT2D eigenvalue weighted by atomic mass is 9.81. The molecule has 2 aromatic rings. The Morgan fingerprint density at radius 2 is 1.81 bits per heavy atom. The van der Waals surface area contributed by atoms with Gasteiger partial charge in [0.2, 0.25) is 0 Å². The molecule has 3 nitrogen and oxygen atoms in total. The topological polar surface area (TPSA) is 37.4 Å². The molecule has 3 fully saturated rings. The second kappa shape index (κ2) is 12.5. The maximum Gasteiger partial charge on any atom is 0.176 e. The van der Waals surface area contributed by atoms with E-state index in [1.807, 2.05) is 0 Å². The number of benzene rings is 2. The number of anilines is 2. The highest BCUT2D eigenvalue weighted by Gasteiger charge is 2.57. The molecule has 0 amide bonds. The van der Waals surface area contributed by atoms with E-state index >= 15 is 0 Å². The number of hydrogen-bond donors (Lipinski definition) is 0. The number of nitrogens with zero attached hydrogens (tertiary/aromatic N) is 1. The van der Waals surface area contributed by atoms with E-state index in [4.69, 9.17) is 0 Å². The quantitative estimate of drug-likeness (QED) is 0.135. The van der Waals surface area contributed by atoms with Crippen molar-refractivity contribution >= 4 is 40.2 Å². The lowest BCUT2D eigenvalue weighted by Gasteiger charge is -2.34. The van der Waals surface area contributed by atoms with Gasteiger partial charge in [0.25, 0.3) is 0 Å². The number of allylic oxidation sites excluding steroid dienone is 22. The largest absolute Gasteiger partial charge is 0.309 e. The lowest BCUT2D eigenvalue weighted by Crippen LogP contribution is -2.23. The molecule has 0 radical (unpaired) electrons. The Morgan fingerprint density at radius 1 is 0.895 bits per heavy atom. The normalized spacial score (nSPS) is 34.4. The number of rotatable bonds is 4. The zero-order chi connectivity index (χ0) is 38.7. The fourth-order valence-corrected chi connectivity index (χ4v) is 11.2. The summed E-state index contributed by atoms with van der Waals surface area (Å²) in [5, 5.41) is 0. The third-order valence-corrected chi connectivity index (χ3v) is 14.6. The Kier molecular flexibility index (Phi) is 7.59. The van der Waals surface area contributed by atoms with Gasteiger partial charge in [-0.3, -0.25) is 9.59 Å². The first-order chi connectivity index (χ1) is 27.7. The number of ketones is 2. The van der Waals surface area contributed by atoms with Crippen LogP contribution in [-0.2, 0) is 9.59 Å². The number of para-hydroxylation sites is 1. The number of Topliss-reactive ketones (excluding diaryl/α,β-unsaturated/α-hetero) is 2. The van der Waals surface area contributed by atoms with Crippen LogP contribution in [-0.4, -0.2) is 11.6 Å². The number of hydrogen-bond acceptors (Lipinski definition) is 3. The minimum absolute atomic E-state index is 0.00369. The molecular weight excluding hydrogens is 695 g/mol. The molecule has 1 aliphatic heterocycles. The van der Waals surface area contributed by atoms with Crippen LogP contribution in [0.4, 0.5) is 11.4 Å². The summed E-state index contributed by atoms with van der Waals surface area (Å²) >= 11 is 0. The van der Waals surface area contributed by atoms with E-state index in [0.717, 1.165) is 19.3 Å². The molecule has 1 heterocycles. The van der Waals surface area contributed by atoms with E-state index in [9.17, 15) is 9.59 Å². The van der Waals surface area contributed by atoms with Gasteiger partial charge < -0.3 is 4.90 Å². The smallest absolute Gasteiger partial charge is 0.176 e. The maximum absolute atomic E-state index is 14.4. The molecule has 282 valence electrons. The van der Waals surface area contributed by atoms with Crippen LogP contribution >= 0.6 is 0 Å². The first-order valence-corrected chi connectivity index (χ1v) is 21.1. The van der Waals surface area contributed by atoms with Crippen LogP contribution < -0.4 is 4.90 Å². The molecule has 11 rings (SSSR count). The van der Waals surface area contributed by atoms with Gasteiger partial charge >= 0.3 is 0 Å². The van der Waals surface area contributed by atoms with Crippen molar-refractivity contribution in [3.05, 3.63) is 184 Å². The van der Waals surface area contributed by atoms with E-state index in [-0.39, 0.29) is 40.7 Å². The van der Waals surface area contributed by atoms with Crippen LogP contribution in [0.5, 0.6) is 0 Å². The minimum Gasteiger partial charge on any atom is -0.309 e. The molecule has 1 spiro atoms. The van der Waals surface area contributed by atoms with Gasteiger partial charge in [0, 0.05) is 40.0 Å². The minimum atomic E-state index is -0.775. The summed E-state index contributed by atoms with van der Waals surface area (Å²) in [5.74, 6) is 1.52. The van der Waals surface area contributed by atoms with Crippen LogP contribution in [0, 0.1) is 40.9 Å². The summed E-state index contributed by atoms with van der Waals surface area (Å²) in [6.07, 6.45) is 47.1. The fraction of sp³-hybridized carbons (Fsp3) is 0.296. The van der Waals surface area contributed by atoms with E-state index in [2.05, 4.69) is 171 Å². The molecule has 2 aromatic carbocycles. The van der Waals surface area contributed by atoms with Crippen molar-refractivity contribution in [2.75, 3.05) is 4.90 Å². The zero-order valence-electron chi connectivity index (χ0n) is 33.2. The van der Waals surface area contributed by atoms with Crippen molar-refractivity contribution in [1.29, 1.82) is 0 Å². The van der Waals surface area contributed by atoms with Gasteiger partial charge in [0.1, 0.15) is 0 Å². The Bertz CT molecular complexity index is 2590. The fourth-order valence-electron chi connectivity index (χ4n) is 11.2. The molecule has 8 aliphatic carbocycles. The molecule has 0 bridgehead atoms. The molecule has 7 unspecified atom stereocenters. The molecule has 9 aliphatic rings. The second-order valence-electron chi connectivity index (χ2n) is 18.3. The van der Waals surface area contributed by atoms with Gasteiger partial charge in [-0.2, -0.15) is 0 Å². The van der Waals surface area contributed by atoms with E-state index < -0.39 is 5.41 Å². The number of fused-ring (bicyclic) bond motifs is 11. The molecule has 3 heteroatoms. The maximum atomic E-state index is 14.4. The summed E-state index contributed by atoms with van der Waals surface area (Å²) < 4.78 is 0. The third-order valence-electron chi connectivity index (χ3n) is 14.6. The third kappa shape index (κ3) is 5.30. The van der Waals surface area contributed by atoms with Gasteiger partial charge in [-0.15, -0.1) is 0 Å². The summed E-state index contributed by atoms with van der Waals surface area (Å²) in [5.41, 5.74) is 13.8. The molecule has 3 saturated carbocycles. The monoisotopic (exact) mass is 743 g/mol. The molecule has 57 heavy (non-hydrogen) atoms.